The van der Waals surface area contributed by atoms with Crippen molar-refractivity contribution in [1.29, 1.82) is 0 Å². The van der Waals surface area contributed by atoms with E-state index in [1.807, 2.05) is 24.1 Å². The third-order valence-electron chi connectivity index (χ3n) is 7.33. The van der Waals surface area contributed by atoms with E-state index in [4.69, 9.17) is 0 Å². The molecule has 2 aromatic rings. The lowest BCUT2D eigenvalue weighted by atomic mass is 9.89. The van der Waals surface area contributed by atoms with Crippen molar-refractivity contribution in [2.75, 3.05) is 13.6 Å². The van der Waals surface area contributed by atoms with Crippen LogP contribution in [0.1, 0.15) is 50.1 Å². The molecule has 27 heavy (non-hydrogen) atoms. The van der Waals surface area contributed by atoms with Crippen LogP contribution in [0.2, 0.25) is 0 Å². The number of rotatable bonds is 2. The van der Waals surface area contributed by atoms with Crippen molar-refractivity contribution < 1.29 is 9.18 Å². The fourth-order valence-corrected chi connectivity index (χ4v) is 5.95. The number of halogens is 1. The number of aromatic nitrogens is 1. The first-order valence-corrected chi connectivity index (χ1v) is 10.3. The number of aryl methyl sites for hydroxylation is 1. The fourth-order valence-electron chi connectivity index (χ4n) is 5.95. The monoisotopic (exact) mass is 369 g/mol. The number of fused-ring (bicyclic) bond motifs is 2. The summed E-state index contributed by atoms with van der Waals surface area (Å²) < 4.78 is 16.6. The first-order chi connectivity index (χ1) is 13.0. The van der Waals surface area contributed by atoms with Gasteiger partial charge in [-0.25, -0.2) is 4.39 Å². The first-order valence-electron chi connectivity index (χ1n) is 10.3. The summed E-state index contributed by atoms with van der Waals surface area (Å²) in [7, 11) is 1.96. The molecule has 0 bridgehead atoms. The molecular formula is C22H28FN3O. The second kappa shape index (κ2) is 6.33. The molecular weight excluding hydrogens is 341 g/mol. The van der Waals surface area contributed by atoms with Crippen LogP contribution in [0.15, 0.2) is 24.4 Å². The first kappa shape index (κ1) is 17.2. The van der Waals surface area contributed by atoms with Crippen molar-refractivity contribution >= 4 is 16.8 Å². The van der Waals surface area contributed by atoms with E-state index in [1.54, 1.807) is 6.07 Å². The molecule has 2 saturated heterocycles. The van der Waals surface area contributed by atoms with Crippen molar-refractivity contribution in [2.24, 2.45) is 0 Å². The molecule has 1 aromatic heterocycles. The number of hydrogen-bond donors (Lipinski definition) is 0. The van der Waals surface area contributed by atoms with Crippen molar-refractivity contribution in [3.8, 4) is 0 Å². The van der Waals surface area contributed by atoms with E-state index in [0.717, 1.165) is 42.3 Å². The van der Waals surface area contributed by atoms with Gasteiger partial charge in [0.2, 0.25) is 5.91 Å². The van der Waals surface area contributed by atoms with Gasteiger partial charge in [0.1, 0.15) is 5.82 Å². The average Bonchev–Trinajstić information content (AvgIpc) is 3.35. The minimum absolute atomic E-state index is 0.128. The van der Waals surface area contributed by atoms with Gasteiger partial charge in [-0.15, -0.1) is 0 Å². The van der Waals surface area contributed by atoms with Crippen LogP contribution in [0.25, 0.3) is 10.9 Å². The van der Waals surface area contributed by atoms with Gasteiger partial charge in [0.25, 0.3) is 0 Å². The Bertz CT molecular complexity index is 891. The second-order valence-corrected chi connectivity index (χ2v) is 8.69. The van der Waals surface area contributed by atoms with Gasteiger partial charge >= 0.3 is 0 Å². The van der Waals surface area contributed by atoms with Crippen LogP contribution < -0.4 is 0 Å². The molecule has 1 saturated carbocycles. The predicted molar refractivity (Wildman–Crippen MR) is 104 cm³/mol. The normalized spacial score (nSPS) is 31.8. The lowest BCUT2D eigenvalue weighted by Gasteiger charge is -2.38. The molecule has 5 heteroatoms. The van der Waals surface area contributed by atoms with Crippen LogP contribution in [0, 0.1) is 12.7 Å². The number of nitrogens with zero attached hydrogens (tertiary/aromatic N) is 3. The maximum atomic E-state index is 14.2. The molecule has 3 heterocycles. The second-order valence-electron chi connectivity index (χ2n) is 8.69. The van der Waals surface area contributed by atoms with E-state index >= 15 is 0 Å². The largest absolute Gasteiger partial charge is 0.344 e. The molecule has 144 valence electrons. The zero-order chi connectivity index (χ0) is 18.7. The zero-order valence-electron chi connectivity index (χ0n) is 16.2. The Morgan fingerprint density at radius 2 is 1.89 bits per heavy atom. The molecule has 1 amide bonds. The molecule has 4 atom stereocenters. The molecule has 3 fully saturated rings. The maximum Gasteiger partial charge on any atom is 0.224 e. The summed E-state index contributed by atoms with van der Waals surface area (Å²) in [4.78, 5) is 16.7. The number of carbonyl (C=O) groups excluding carboxylic acids is 1. The van der Waals surface area contributed by atoms with Gasteiger partial charge in [-0.1, -0.05) is 6.07 Å². The fraction of sp³-hybridized carbons (Fsp3) is 0.591. The van der Waals surface area contributed by atoms with Crippen LogP contribution in [-0.4, -0.2) is 52.0 Å². The van der Waals surface area contributed by atoms with E-state index in [0.29, 0.717) is 36.5 Å². The predicted octanol–water partition coefficient (Wildman–Crippen LogP) is 3.88. The standard InChI is InChI=1S/C22H28FN3O/c1-14-6-7-18(23)17-8-10-26(22(14)17)16-5-3-4-15(12-16)25-11-9-19-20(25)13-21(27)24(19)2/h6-8,10,15-16,19-20H,3-5,9,11-13H2,1-2H3/t15-,16-,19-,20-/m1/s1. The Kier molecular flexibility index (Phi) is 4.04. The van der Waals surface area contributed by atoms with Gasteiger partial charge in [0.05, 0.1) is 5.52 Å². The molecule has 3 aliphatic rings. The molecule has 0 radical (unpaired) electrons. The summed E-state index contributed by atoms with van der Waals surface area (Å²) >= 11 is 0. The van der Waals surface area contributed by atoms with Crippen molar-refractivity contribution in [2.45, 2.75) is 69.6 Å². The van der Waals surface area contributed by atoms with Gasteiger partial charge < -0.3 is 9.47 Å². The minimum atomic E-state index is -0.128. The molecule has 5 rings (SSSR count). The lowest BCUT2D eigenvalue weighted by molar-refractivity contribution is -0.127. The Hall–Kier alpha value is -1.88. The van der Waals surface area contributed by atoms with Gasteiger partial charge in [-0.2, -0.15) is 0 Å². The Morgan fingerprint density at radius 3 is 2.74 bits per heavy atom. The summed E-state index contributed by atoms with van der Waals surface area (Å²) in [6, 6.07) is 7.13. The topological polar surface area (TPSA) is 28.5 Å². The van der Waals surface area contributed by atoms with Gasteiger partial charge in [-0.3, -0.25) is 9.69 Å². The third kappa shape index (κ3) is 2.62. The zero-order valence-corrected chi connectivity index (χ0v) is 16.2. The summed E-state index contributed by atoms with van der Waals surface area (Å²) in [6.07, 6.45) is 8.51. The van der Waals surface area contributed by atoms with E-state index in [-0.39, 0.29) is 5.82 Å². The molecule has 2 aliphatic heterocycles. The summed E-state index contributed by atoms with van der Waals surface area (Å²) in [5.74, 6) is 0.168. The number of amides is 1. The van der Waals surface area contributed by atoms with E-state index in [1.165, 1.54) is 12.8 Å². The molecule has 0 N–H and O–H groups in total. The van der Waals surface area contributed by atoms with E-state index in [2.05, 4.69) is 22.6 Å². The van der Waals surface area contributed by atoms with Crippen molar-refractivity contribution in [3.05, 3.63) is 35.8 Å². The van der Waals surface area contributed by atoms with Crippen LogP contribution in [-0.2, 0) is 4.79 Å². The Labute approximate surface area is 159 Å². The van der Waals surface area contributed by atoms with Crippen LogP contribution in [0.3, 0.4) is 0 Å². The number of likely N-dealkylation sites (N-methyl/N-ethyl adjacent to an activating group) is 1. The highest BCUT2D eigenvalue weighted by atomic mass is 19.1. The molecule has 0 unspecified atom stereocenters. The number of carbonyl (C=O) groups is 1. The Morgan fingerprint density at radius 1 is 1.07 bits per heavy atom. The molecule has 1 aromatic carbocycles. The third-order valence-corrected chi connectivity index (χ3v) is 7.33. The average molecular weight is 369 g/mol. The number of likely N-dealkylation sites (tertiary alicyclic amines) is 2. The summed E-state index contributed by atoms with van der Waals surface area (Å²) in [6.45, 7) is 3.17. The lowest BCUT2D eigenvalue weighted by Crippen LogP contribution is -2.44. The van der Waals surface area contributed by atoms with E-state index in [9.17, 15) is 9.18 Å². The SMILES string of the molecule is Cc1ccc(F)c2ccn([C@@H]3CCC[C@@H](N4CC[C@@H]5[C@H]4CC(=O)N5C)C3)c12. The van der Waals surface area contributed by atoms with Crippen molar-refractivity contribution in [1.82, 2.24) is 14.4 Å². The highest BCUT2D eigenvalue weighted by molar-refractivity contribution is 5.84. The van der Waals surface area contributed by atoms with Crippen LogP contribution in [0.5, 0.6) is 0 Å². The summed E-state index contributed by atoms with van der Waals surface area (Å²) in [5.41, 5.74) is 2.19. The van der Waals surface area contributed by atoms with Crippen LogP contribution >= 0.6 is 0 Å². The maximum absolute atomic E-state index is 14.2. The quantitative estimate of drug-likeness (QED) is 0.804. The van der Waals surface area contributed by atoms with Gasteiger partial charge in [0, 0.05) is 55.8 Å². The highest BCUT2D eigenvalue weighted by Crippen LogP contribution is 2.40. The smallest absolute Gasteiger partial charge is 0.224 e. The van der Waals surface area contributed by atoms with Crippen LogP contribution in [0.4, 0.5) is 4.39 Å². The van der Waals surface area contributed by atoms with Gasteiger partial charge in [0.15, 0.2) is 0 Å². The molecule has 1 aliphatic carbocycles. The Balaban J connectivity index is 1.41. The molecule has 0 spiro atoms. The van der Waals surface area contributed by atoms with Gasteiger partial charge in [-0.05, 0) is 56.7 Å². The molecule has 4 nitrogen and oxygen atoms in total. The summed E-state index contributed by atoms with van der Waals surface area (Å²) in [5, 5.41) is 0.737. The number of hydrogen-bond acceptors (Lipinski definition) is 2. The van der Waals surface area contributed by atoms with E-state index < -0.39 is 0 Å². The highest BCUT2D eigenvalue weighted by Gasteiger charge is 2.47. The minimum Gasteiger partial charge on any atom is -0.344 e. The van der Waals surface area contributed by atoms with Crippen molar-refractivity contribution in [3.63, 3.8) is 0 Å². The number of benzene rings is 1.